The van der Waals surface area contributed by atoms with Crippen LogP contribution in [0, 0.1) is 6.92 Å². The Kier molecular flexibility index (Phi) is 7.45. The number of hydrogen-bond donors (Lipinski definition) is 1. The molecule has 0 aromatic heterocycles. The Morgan fingerprint density at radius 2 is 2.08 bits per heavy atom. The summed E-state index contributed by atoms with van der Waals surface area (Å²) in [7, 11) is 0. The average Bonchev–Trinajstić information content (AvgIpc) is 2.61. The zero-order chi connectivity index (χ0) is 19.1. The summed E-state index contributed by atoms with van der Waals surface area (Å²) in [6.45, 7) is 11.4. The number of amides is 2. The Balaban J connectivity index is 1.86. The SMILES string of the molecule is CCN(CC)CCC[C@H](C)NC(=O)CN1C(=O)COc2cc(C)ccc21. The Labute approximate surface area is 156 Å². The van der Waals surface area contributed by atoms with Gasteiger partial charge >= 0.3 is 0 Å². The van der Waals surface area contributed by atoms with E-state index in [1.807, 2.05) is 32.0 Å². The summed E-state index contributed by atoms with van der Waals surface area (Å²) in [5.41, 5.74) is 1.72. The number of nitrogens with one attached hydrogen (secondary N) is 1. The predicted molar refractivity (Wildman–Crippen MR) is 104 cm³/mol. The molecule has 1 heterocycles. The van der Waals surface area contributed by atoms with Crippen molar-refractivity contribution in [3.63, 3.8) is 0 Å². The minimum Gasteiger partial charge on any atom is -0.482 e. The lowest BCUT2D eigenvalue weighted by Crippen LogP contribution is -2.46. The molecule has 0 spiro atoms. The van der Waals surface area contributed by atoms with Crippen molar-refractivity contribution in [3.8, 4) is 5.75 Å². The van der Waals surface area contributed by atoms with Crippen LogP contribution in [0.2, 0.25) is 0 Å². The first-order chi connectivity index (χ1) is 12.4. The Bertz CT molecular complexity index is 629. The Morgan fingerprint density at radius 3 is 2.77 bits per heavy atom. The van der Waals surface area contributed by atoms with Crippen molar-refractivity contribution in [2.45, 2.75) is 46.6 Å². The molecule has 2 rings (SSSR count). The first-order valence-corrected chi connectivity index (χ1v) is 9.50. The molecule has 1 aliphatic rings. The van der Waals surface area contributed by atoms with E-state index < -0.39 is 0 Å². The van der Waals surface area contributed by atoms with Gasteiger partial charge in [0.2, 0.25) is 5.91 Å². The van der Waals surface area contributed by atoms with E-state index in [1.165, 1.54) is 4.90 Å². The van der Waals surface area contributed by atoms with Crippen molar-refractivity contribution < 1.29 is 14.3 Å². The van der Waals surface area contributed by atoms with Crippen LogP contribution in [0.25, 0.3) is 0 Å². The highest BCUT2D eigenvalue weighted by molar-refractivity contribution is 6.02. The van der Waals surface area contributed by atoms with Crippen molar-refractivity contribution in [2.75, 3.05) is 37.7 Å². The molecule has 0 fully saturated rings. The number of rotatable bonds is 9. The molecule has 1 N–H and O–H groups in total. The molecule has 0 saturated carbocycles. The number of ether oxygens (including phenoxy) is 1. The molecule has 0 bridgehead atoms. The number of hydrogen-bond acceptors (Lipinski definition) is 4. The number of anilines is 1. The molecule has 0 saturated heterocycles. The average molecular weight is 361 g/mol. The molecule has 0 unspecified atom stereocenters. The molecule has 1 aliphatic heterocycles. The first kappa shape index (κ1) is 20.2. The van der Waals surface area contributed by atoms with E-state index in [0.717, 1.165) is 38.0 Å². The van der Waals surface area contributed by atoms with Crippen molar-refractivity contribution in [2.24, 2.45) is 0 Å². The quantitative estimate of drug-likeness (QED) is 0.733. The van der Waals surface area contributed by atoms with Gasteiger partial charge in [-0.25, -0.2) is 0 Å². The maximum atomic E-state index is 12.4. The van der Waals surface area contributed by atoms with Gasteiger partial charge in [0, 0.05) is 6.04 Å². The second-order valence-electron chi connectivity index (χ2n) is 6.88. The van der Waals surface area contributed by atoms with Crippen LogP contribution in [0.1, 0.15) is 39.2 Å². The fraction of sp³-hybridized carbons (Fsp3) is 0.600. The lowest BCUT2D eigenvalue weighted by atomic mass is 10.1. The van der Waals surface area contributed by atoms with Crippen molar-refractivity contribution >= 4 is 17.5 Å². The summed E-state index contributed by atoms with van der Waals surface area (Å²) < 4.78 is 5.48. The van der Waals surface area contributed by atoms with Gasteiger partial charge in [-0.1, -0.05) is 19.9 Å². The van der Waals surface area contributed by atoms with Crippen molar-refractivity contribution in [3.05, 3.63) is 23.8 Å². The monoisotopic (exact) mass is 361 g/mol. The van der Waals surface area contributed by atoms with E-state index in [1.54, 1.807) is 0 Å². The van der Waals surface area contributed by atoms with Crippen molar-refractivity contribution in [1.82, 2.24) is 10.2 Å². The molecule has 1 atom stereocenters. The van der Waals surface area contributed by atoms with Gasteiger partial charge in [-0.15, -0.1) is 0 Å². The third-order valence-corrected chi connectivity index (χ3v) is 4.77. The summed E-state index contributed by atoms with van der Waals surface area (Å²) in [4.78, 5) is 28.5. The topological polar surface area (TPSA) is 61.9 Å². The summed E-state index contributed by atoms with van der Waals surface area (Å²) in [5.74, 6) is 0.331. The largest absolute Gasteiger partial charge is 0.482 e. The molecular weight excluding hydrogens is 330 g/mol. The lowest BCUT2D eigenvalue weighted by Gasteiger charge is -2.29. The molecule has 0 radical (unpaired) electrons. The van der Waals surface area contributed by atoms with Gasteiger partial charge in [0.1, 0.15) is 12.3 Å². The zero-order valence-electron chi connectivity index (χ0n) is 16.4. The molecule has 6 nitrogen and oxygen atoms in total. The summed E-state index contributed by atoms with van der Waals surface area (Å²) in [5, 5.41) is 3.01. The summed E-state index contributed by atoms with van der Waals surface area (Å²) in [6, 6.07) is 5.73. The molecule has 0 aliphatic carbocycles. The molecule has 1 aromatic carbocycles. The Hall–Kier alpha value is -2.08. The fourth-order valence-electron chi connectivity index (χ4n) is 3.18. The molecule has 26 heavy (non-hydrogen) atoms. The van der Waals surface area contributed by atoms with Crippen LogP contribution in [0.15, 0.2) is 18.2 Å². The van der Waals surface area contributed by atoms with Crippen LogP contribution in [0.4, 0.5) is 5.69 Å². The van der Waals surface area contributed by atoms with Crippen LogP contribution in [0.3, 0.4) is 0 Å². The number of nitrogens with zero attached hydrogens (tertiary/aromatic N) is 2. The third-order valence-electron chi connectivity index (χ3n) is 4.77. The van der Waals surface area contributed by atoms with E-state index >= 15 is 0 Å². The van der Waals surface area contributed by atoms with Gasteiger partial charge < -0.3 is 15.0 Å². The van der Waals surface area contributed by atoms with Gasteiger partial charge in [0.15, 0.2) is 6.61 Å². The van der Waals surface area contributed by atoms with Gasteiger partial charge in [-0.3, -0.25) is 14.5 Å². The van der Waals surface area contributed by atoms with E-state index in [-0.39, 0.29) is 31.0 Å². The smallest absolute Gasteiger partial charge is 0.265 e. The zero-order valence-corrected chi connectivity index (χ0v) is 16.4. The second kappa shape index (κ2) is 9.57. The number of fused-ring (bicyclic) bond motifs is 1. The standard InChI is InChI=1S/C20H31N3O3/c1-5-22(6-2)11-7-8-16(4)21-19(24)13-23-17-10-9-15(3)12-18(17)26-14-20(23)25/h9-10,12,16H,5-8,11,13-14H2,1-4H3,(H,21,24)/t16-/m0/s1. The highest BCUT2D eigenvalue weighted by atomic mass is 16.5. The van der Waals surface area contributed by atoms with Crippen LogP contribution in [-0.4, -0.2) is 55.5 Å². The number of aryl methyl sites for hydroxylation is 1. The first-order valence-electron chi connectivity index (χ1n) is 9.50. The van der Waals surface area contributed by atoms with Gasteiger partial charge in [-0.2, -0.15) is 0 Å². The maximum Gasteiger partial charge on any atom is 0.265 e. The minimum absolute atomic E-state index is 0.0246. The molecule has 144 valence electrons. The lowest BCUT2D eigenvalue weighted by molar-refractivity contribution is -0.125. The van der Waals surface area contributed by atoms with Crippen LogP contribution < -0.4 is 15.0 Å². The van der Waals surface area contributed by atoms with Crippen LogP contribution in [-0.2, 0) is 9.59 Å². The predicted octanol–water partition coefficient (Wildman–Crippen LogP) is 2.35. The molecular formula is C20H31N3O3. The van der Waals surface area contributed by atoms with E-state index in [2.05, 4.69) is 24.1 Å². The highest BCUT2D eigenvalue weighted by Gasteiger charge is 2.27. The fourth-order valence-corrected chi connectivity index (χ4v) is 3.18. The van der Waals surface area contributed by atoms with Crippen molar-refractivity contribution in [1.29, 1.82) is 0 Å². The molecule has 1 aromatic rings. The second-order valence-corrected chi connectivity index (χ2v) is 6.88. The normalized spacial score (nSPS) is 14.8. The van der Waals surface area contributed by atoms with E-state index in [0.29, 0.717) is 11.4 Å². The summed E-state index contributed by atoms with van der Waals surface area (Å²) >= 11 is 0. The Morgan fingerprint density at radius 1 is 1.35 bits per heavy atom. The van der Waals surface area contributed by atoms with Crippen LogP contribution >= 0.6 is 0 Å². The van der Waals surface area contributed by atoms with E-state index in [4.69, 9.17) is 4.74 Å². The third kappa shape index (κ3) is 5.46. The summed E-state index contributed by atoms with van der Waals surface area (Å²) in [6.07, 6.45) is 1.97. The minimum atomic E-state index is -0.189. The highest BCUT2D eigenvalue weighted by Crippen LogP contribution is 2.32. The van der Waals surface area contributed by atoms with Crippen LogP contribution in [0.5, 0.6) is 5.75 Å². The van der Waals surface area contributed by atoms with Gasteiger partial charge in [-0.05, 0) is 64.0 Å². The maximum absolute atomic E-state index is 12.4. The van der Waals surface area contributed by atoms with E-state index in [9.17, 15) is 9.59 Å². The van der Waals surface area contributed by atoms with Gasteiger partial charge in [0.25, 0.3) is 5.91 Å². The number of benzene rings is 1. The molecule has 6 heteroatoms. The van der Waals surface area contributed by atoms with Gasteiger partial charge in [0.05, 0.1) is 5.69 Å². The molecule has 2 amide bonds. The number of carbonyl (C=O) groups excluding carboxylic acids is 2. The number of carbonyl (C=O) groups is 2.